The molecule has 2 aromatic rings. The van der Waals surface area contributed by atoms with Crippen molar-refractivity contribution in [2.45, 2.75) is 19.3 Å². The van der Waals surface area contributed by atoms with Crippen molar-refractivity contribution in [1.82, 2.24) is 0 Å². The molecule has 98 valence electrons. The van der Waals surface area contributed by atoms with Crippen molar-refractivity contribution in [3.05, 3.63) is 60.7 Å². The van der Waals surface area contributed by atoms with Gasteiger partial charge in [0.25, 0.3) is 0 Å². The molecular weight excluding hydrogens is 244 g/mol. The molecule has 2 rings (SSSR count). The summed E-state index contributed by atoms with van der Waals surface area (Å²) in [4.78, 5) is 0. The van der Waals surface area contributed by atoms with Crippen LogP contribution < -0.4 is 0 Å². The fourth-order valence-corrected chi connectivity index (χ4v) is 2.38. The number of fused-ring (bicyclic) bond motifs is 1. The third-order valence-corrected chi connectivity index (χ3v) is 4.24. The molecule has 0 fully saturated rings. The number of nitrogens with zero attached hydrogens (tertiary/aromatic N) is 2. The minimum Gasteiger partial charge on any atom is -0.197 e. The Morgan fingerprint density at radius 1 is 1.00 bits per heavy atom. The highest BCUT2D eigenvalue weighted by atomic mass is 14.5. The van der Waals surface area contributed by atoms with Crippen LogP contribution in [0.2, 0.25) is 0 Å². The summed E-state index contributed by atoms with van der Waals surface area (Å²) in [5.74, 6) is 0. The summed E-state index contributed by atoms with van der Waals surface area (Å²) in [5, 5.41) is 21.0. The Labute approximate surface area is 119 Å². The van der Waals surface area contributed by atoms with E-state index < -0.39 is 10.8 Å². The smallest absolute Gasteiger partial charge is 0.153 e. The van der Waals surface area contributed by atoms with Crippen LogP contribution >= 0.6 is 0 Å². The highest BCUT2D eigenvalue weighted by Crippen LogP contribution is 2.42. The van der Waals surface area contributed by atoms with E-state index in [2.05, 4.69) is 18.7 Å². The molecule has 0 aliphatic carbocycles. The van der Waals surface area contributed by atoms with E-state index in [1.807, 2.05) is 49.4 Å². The van der Waals surface area contributed by atoms with Gasteiger partial charge in [0.15, 0.2) is 5.41 Å². The molecule has 20 heavy (non-hydrogen) atoms. The number of allylic oxidation sites excluding steroid dienone is 1. The largest absolute Gasteiger partial charge is 0.197 e. The van der Waals surface area contributed by atoms with Crippen molar-refractivity contribution in [3.63, 3.8) is 0 Å². The lowest BCUT2D eigenvalue weighted by Crippen LogP contribution is -2.37. The van der Waals surface area contributed by atoms with Gasteiger partial charge >= 0.3 is 0 Å². The summed E-state index contributed by atoms with van der Waals surface area (Å²) < 4.78 is 0. The molecule has 0 bridgehead atoms. The Balaban J connectivity index is 2.70. The molecule has 0 N–H and O–H groups in total. The van der Waals surface area contributed by atoms with Crippen molar-refractivity contribution < 1.29 is 0 Å². The average Bonchev–Trinajstić information content (AvgIpc) is 2.52. The predicted molar refractivity (Wildman–Crippen MR) is 80.8 cm³/mol. The summed E-state index contributed by atoms with van der Waals surface area (Å²) in [5.41, 5.74) is -0.950. The van der Waals surface area contributed by atoms with Gasteiger partial charge in [-0.25, -0.2) is 0 Å². The van der Waals surface area contributed by atoms with E-state index >= 15 is 0 Å². The number of hydrogen-bond acceptors (Lipinski definition) is 2. The van der Waals surface area contributed by atoms with Gasteiger partial charge in [0.1, 0.15) is 0 Å². The molecule has 0 spiro atoms. The van der Waals surface area contributed by atoms with Crippen LogP contribution in [0.25, 0.3) is 10.8 Å². The fraction of sp³-hybridized carbons (Fsp3) is 0.222. The molecule has 2 aromatic carbocycles. The maximum Gasteiger partial charge on any atom is 0.153 e. The first-order valence-electron chi connectivity index (χ1n) is 6.46. The molecular formula is C18H16N2. The SMILES string of the molecule is C=C[C@@](C)(c1ccc2ccccc2c1)C(C)(C#N)C#N. The number of benzene rings is 2. The zero-order chi connectivity index (χ0) is 14.8. The molecule has 0 radical (unpaired) electrons. The van der Waals surface area contributed by atoms with Gasteiger partial charge in [-0.3, -0.25) is 0 Å². The lowest BCUT2D eigenvalue weighted by molar-refractivity contribution is 0.374. The van der Waals surface area contributed by atoms with E-state index in [-0.39, 0.29) is 0 Å². The third-order valence-electron chi connectivity index (χ3n) is 4.24. The van der Waals surface area contributed by atoms with Gasteiger partial charge < -0.3 is 0 Å². The third kappa shape index (κ3) is 1.87. The van der Waals surface area contributed by atoms with Crippen molar-refractivity contribution >= 4 is 10.8 Å². The molecule has 0 aliphatic heterocycles. The molecule has 0 saturated carbocycles. The molecule has 2 heteroatoms. The van der Waals surface area contributed by atoms with Crippen LogP contribution in [0.4, 0.5) is 0 Å². The Kier molecular flexibility index (Phi) is 3.35. The highest BCUT2D eigenvalue weighted by molar-refractivity contribution is 5.83. The molecule has 0 aliphatic rings. The van der Waals surface area contributed by atoms with Crippen LogP contribution in [0.1, 0.15) is 19.4 Å². The molecule has 0 amide bonds. The number of rotatable bonds is 3. The summed E-state index contributed by atoms with van der Waals surface area (Å²) in [6, 6.07) is 18.3. The van der Waals surface area contributed by atoms with Gasteiger partial charge in [-0.2, -0.15) is 10.5 Å². The standard InChI is InChI=1S/C18H16N2/c1-4-18(3,17(2,12-19)13-20)16-10-9-14-7-5-6-8-15(14)11-16/h4-11H,1H2,2-3H3/t18-/m0/s1. The molecule has 0 heterocycles. The Hall–Kier alpha value is -2.58. The quantitative estimate of drug-likeness (QED) is 0.771. The van der Waals surface area contributed by atoms with Crippen LogP contribution in [-0.4, -0.2) is 0 Å². The normalized spacial score (nSPS) is 14.0. The summed E-state index contributed by atoms with van der Waals surface area (Å²) in [6.07, 6.45) is 1.70. The first-order valence-corrected chi connectivity index (χ1v) is 6.46. The summed E-state index contributed by atoms with van der Waals surface area (Å²) >= 11 is 0. The second kappa shape index (κ2) is 4.83. The topological polar surface area (TPSA) is 47.6 Å². The highest BCUT2D eigenvalue weighted by Gasteiger charge is 2.44. The second-order valence-electron chi connectivity index (χ2n) is 5.32. The van der Waals surface area contributed by atoms with Crippen LogP contribution in [0, 0.1) is 28.1 Å². The van der Waals surface area contributed by atoms with Gasteiger partial charge in [0.05, 0.1) is 12.1 Å². The first-order chi connectivity index (χ1) is 9.50. The van der Waals surface area contributed by atoms with Crippen molar-refractivity contribution in [2.75, 3.05) is 0 Å². The minimum atomic E-state index is -1.16. The van der Waals surface area contributed by atoms with Crippen molar-refractivity contribution in [3.8, 4) is 12.1 Å². The van der Waals surface area contributed by atoms with Crippen LogP contribution in [-0.2, 0) is 5.41 Å². The van der Waals surface area contributed by atoms with Gasteiger partial charge in [-0.15, -0.1) is 6.58 Å². The monoisotopic (exact) mass is 260 g/mol. The molecule has 0 unspecified atom stereocenters. The Morgan fingerprint density at radius 2 is 1.60 bits per heavy atom. The van der Waals surface area contributed by atoms with Gasteiger partial charge in [0.2, 0.25) is 0 Å². The summed E-state index contributed by atoms with van der Waals surface area (Å²) in [6.45, 7) is 7.39. The fourth-order valence-electron chi connectivity index (χ4n) is 2.38. The van der Waals surface area contributed by atoms with E-state index in [1.165, 1.54) is 0 Å². The zero-order valence-corrected chi connectivity index (χ0v) is 11.7. The van der Waals surface area contributed by atoms with Gasteiger partial charge in [-0.05, 0) is 30.2 Å². The van der Waals surface area contributed by atoms with E-state index in [0.717, 1.165) is 16.3 Å². The maximum atomic E-state index is 9.41. The Morgan fingerprint density at radius 3 is 2.15 bits per heavy atom. The average molecular weight is 260 g/mol. The predicted octanol–water partition coefficient (Wildman–Crippen LogP) is 4.34. The van der Waals surface area contributed by atoms with E-state index in [4.69, 9.17) is 0 Å². The van der Waals surface area contributed by atoms with E-state index in [9.17, 15) is 10.5 Å². The number of hydrogen-bond donors (Lipinski definition) is 0. The van der Waals surface area contributed by atoms with E-state index in [0.29, 0.717) is 0 Å². The van der Waals surface area contributed by atoms with Crippen LogP contribution in [0.5, 0.6) is 0 Å². The summed E-state index contributed by atoms with van der Waals surface area (Å²) in [7, 11) is 0. The van der Waals surface area contributed by atoms with Gasteiger partial charge in [0, 0.05) is 5.41 Å². The molecule has 1 atom stereocenters. The molecule has 2 nitrogen and oxygen atoms in total. The van der Waals surface area contributed by atoms with Crippen LogP contribution in [0.15, 0.2) is 55.1 Å². The maximum absolute atomic E-state index is 9.41. The Bertz CT molecular complexity index is 732. The second-order valence-corrected chi connectivity index (χ2v) is 5.32. The van der Waals surface area contributed by atoms with Crippen LogP contribution in [0.3, 0.4) is 0 Å². The molecule has 0 saturated heterocycles. The van der Waals surface area contributed by atoms with Gasteiger partial charge in [-0.1, -0.05) is 48.5 Å². The van der Waals surface area contributed by atoms with Crippen molar-refractivity contribution in [2.24, 2.45) is 5.41 Å². The first kappa shape index (κ1) is 13.8. The molecule has 0 aromatic heterocycles. The lowest BCUT2D eigenvalue weighted by atomic mass is 9.63. The number of nitriles is 2. The zero-order valence-electron chi connectivity index (χ0n) is 11.7. The van der Waals surface area contributed by atoms with E-state index in [1.54, 1.807) is 13.0 Å². The lowest BCUT2D eigenvalue weighted by Gasteiger charge is -2.35. The minimum absolute atomic E-state index is 0.722. The van der Waals surface area contributed by atoms with Crippen molar-refractivity contribution in [1.29, 1.82) is 10.5 Å².